The third-order valence-corrected chi connectivity index (χ3v) is 2.12. The van der Waals surface area contributed by atoms with Crippen LogP contribution in [0.1, 0.15) is 17.5 Å². The fourth-order valence-corrected chi connectivity index (χ4v) is 1.36. The standard InChI is InChI=1S/C12H13N3O2/c1-2-13-11-8-10(17-15-11)12(16)14-9-6-4-3-5-7-9/h3-8H,2H2,1H3,(H,13,15)(H,14,16). The van der Waals surface area contributed by atoms with Gasteiger partial charge in [-0.15, -0.1) is 0 Å². The van der Waals surface area contributed by atoms with Crippen LogP contribution in [-0.4, -0.2) is 17.6 Å². The molecule has 0 spiro atoms. The van der Waals surface area contributed by atoms with Crippen LogP contribution >= 0.6 is 0 Å². The van der Waals surface area contributed by atoms with Gasteiger partial charge in [-0.2, -0.15) is 0 Å². The molecule has 1 aromatic carbocycles. The number of hydrogen-bond donors (Lipinski definition) is 2. The van der Waals surface area contributed by atoms with Crippen molar-refractivity contribution in [1.82, 2.24) is 5.16 Å². The summed E-state index contributed by atoms with van der Waals surface area (Å²) < 4.78 is 4.93. The van der Waals surface area contributed by atoms with Crippen molar-refractivity contribution in [2.75, 3.05) is 17.2 Å². The molecule has 0 fully saturated rings. The number of amides is 1. The molecule has 0 aliphatic rings. The third-order valence-electron chi connectivity index (χ3n) is 2.12. The van der Waals surface area contributed by atoms with E-state index < -0.39 is 0 Å². The SMILES string of the molecule is CCNc1cc(C(=O)Nc2ccccc2)on1. The maximum atomic E-state index is 11.8. The van der Waals surface area contributed by atoms with Crippen molar-refractivity contribution in [3.8, 4) is 0 Å². The van der Waals surface area contributed by atoms with Crippen molar-refractivity contribution in [2.45, 2.75) is 6.92 Å². The zero-order valence-corrected chi connectivity index (χ0v) is 9.43. The summed E-state index contributed by atoms with van der Waals surface area (Å²) in [5.41, 5.74) is 0.721. The molecule has 0 aliphatic carbocycles. The van der Waals surface area contributed by atoms with E-state index in [-0.39, 0.29) is 11.7 Å². The quantitative estimate of drug-likeness (QED) is 0.847. The molecule has 0 unspecified atom stereocenters. The Hall–Kier alpha value is -2.30. The Labute approximate surface area is 98.8 Å². The van der Waals surface area contributed by atoms with Crippen molar-refractivity contribution >= 4 is 17.4 Å². The maximum Gasteiger partial charge on any atom is 0.294 e. The first-order valence-corrected chi connectivity index (χ1v) is 5.36. The molecule has 0 saturated carbocycles. The first-order chi connectivity index (χ1) is 8.29. The van der Waals surface area contributed by atoms with Gasteiger partial charge in [0.15, 0.2) is 5.82 Å². The van der Waals surface area contributed by atoms with Crippen LogP contribution in [-0.2, 0) is 0 Å². The molecule has 2 N–H and O–H groups in total. The Morgan fingerprint density at radius 3 is 2.82 bits per heavy atom. The van der Waals surface area contributed by atoms with Crippen LogP contribution in [0.5, 0.6) is 0 Å². The van der Waals surface area contributed by atoms with Gasteiger partial charge in [-0.1, -0.05) is 23.4 Å². The van der Waals surface area contributed by atoms with E-state index in [1.165, 1.54) is 0 Å². The number of benzene rings is 1. The molecule has 88 valence electrons. The molecule has 5 nitrogen and oxygen atoms in total. The number of rotatable bonds is 4. The van der Waals surface area contributed by atoms with E-state index in [1.807, 2.05) is 25.1 Å². The molecule has 1 amide bonds. The minimum absolute atomic E-state index is 0.185. The molecular weight excluding hydrogens is 218 g/mol. The average molecular weight is 231 g/mol. The predicted molar refractivity (Wildman–Crippen MR) is 65.1 cm³/mol. The maximum absolute atomic E-state index is 11.8. The minimum Gasteiger partial charge on any atom is -0.368 e. The summed E-state index contributed by atoms with van der Waals surface area (Å²) in [4.78, 5) is 11.8. The number of nitrogens with zero attached hydrogens (tertiary/aromatic N) is 1. The monoisotopic (exact) mass is 231 g/mol. The third kappa shape index (κ3) is 2.84. The number of carbonyl (C=O) groups excluding carboxylic acids is 1. The van der Waals surface area contributed by atoms with Crippen LogP contribution in [0.4, 0.5) is 11.5 Å². The largest absolute Gasteiger partial charge is 0.368 e. The first kappa shape index (κ1) is 11.2. The summed E-state index contributed by atoms with van der Waals surface area (Å²) in [6, 6.07) is 10.8. The number of aromatic nitrogens is 1. The number of hydrogen-bond acceptors (Lipinski definition) is 4. The lowest BCUT2D eigenvalue weighted by atomic mass is 10.3. The van der Waals surface area contributed by atoms with Gasteiger partial charge in [0, 0.05) is 18.3 Å². The zero-order chi connectivity index (χ0) is 12.1. The van der Waals surface area contributed by atoms with Crippen LogP contribution in [0.3, 0.4) is 0 Å². The Morgan fingerprint density at radius 2 is 2.12 bits per heavy atom. The molecule has 1 heterocycles. The molecule has 0 bridgehead atoms. The molecular formula is C12H13N3O2. The molecule has 0 atom stereocenters. The molecule has 2 rings (SSSR count). The van der Waals surface area contributed by atoms with E-state index in [4.69, 9.17) is 4.52 Å². The van der Waals surface area contributed by atoms with Crippen LogP contribution in [0.2, 0.25) is 0 Å². The van der Waals surface area contributed by atoms with Gasteiger partial charge >= 0.3 is 0 Å². The summed E-state index contributed by atoms with van der Waals surface area (Å²) in [5, 5.41) is 9.40. The van der Waals surface area contributed by atoms with E-state index in [1.54, 1.807) is 18.2 Å². The van der Waals surface area contributed by atoms with Crippen molar-refractivity contribution in [1.29, 1.82) is 0 Å². The molecule has 0 saturated heterocycles. The molecule has 2 aromatic rings. The van der Waals surface area contributed by atoms with E-state index in [2.05, 4.69) is 15.8 Å². The van der Waals surface area contributed by atoms with Crippen molar-refractivity contribution in [3.05, 3.63) is 42.2 Å². The van der Waals surface area contributed by atoms with E-state index in [9.17, 15) is 4.79 Å². The molecule has 17 heavy (non-hydrogen) atoms. The van der Waals surface area contributed by atoms with Gasteiger partial charge in [-0.25, -0.2) is 0 Å². The number of carbonyl (C=O) groups is 1. The lowest BCUT2D eigenvalue weighted by Crippen LogP contribution is -2.10. The topological polar surface area (TPSA) is 67.2 Å². The van der Waals surface area contributed by atoms with E-state index in [0.29, 0.717) is 5.82 Å². The van der Waals surface area contributed by atoms with Gasteiger partial charge < -0.3 is 15.2 Å². The highest BCUT2D eigenvalue weighted by atomic mass is 16.5. The average Bonchev–Trinajstić information content (AvgIpc) is 2.79. The highest BCUT2D eigenvalue weighted by Crippen LogP contribution is 2.12. The Kier molecular flexibility index (Phi) is 3.40. The Morgan fingerprint density at radius 1 is 1.35 bits per heavy atom. The predicted octanol–water partition coefficient (Wildman–Crippen LogP) is 2.36. The summed E-state index contributed by atoms with van der Waals surface area (Å²) >= 11 is 0. The summed E-state index contributed by atoms with van der Waals surface area (Å²) in [6.07, 6.45) is 0. The van der Waals surface area contributed by atoms with Crippen molar-refractivity contribution < 1.29 is 9.32 Å². The second kappa shape index (κ2) is 5.16. The van der Waals surface area contributed by atoms with Gasteiger partial charge in [0.25, 0.3) is 5.91 Å². The van der Waals surface area contributed by atoms with Crippen LogP contribution in [0.25, 0.3) is 0 Å². The zero-order valence-electron chi connectivity index (χ0n) is 9.43. The van der Waals surface area contributed by atoms with E-state index >= 15 is 0 Å². The number of anilines is 2. The second-order valence-corrected chi connectivity index (χ2v) is 3.43. The first-order valence-electron chi connectivity index (χ1n) is 5.36. The van der Waals surface area contributed by atoms with Gasteiger partial charge in [-0.05, 0) is 19.1 Å². The summed E-state index contributed by atoms with van der Waals surface area (Å²) in [5.74, 6) is 0.434. The van der Waals surface area contributed by atoms with E-state index in [0.717, 1.165) is 12.2 Å². The highest BCUT2D eigenvalue weighted by molar-refractivity contribution is 6.02. The normalized spacial score (nSPS) is 9.94. The molecule has 1 aromatic heterocycles. The lowest BCUT2D eigenvalue weighted by molar-refractivity contribution is 0.0988. The van der Waals surface area contributed by atoms with Gasteiger partial charge in [0.1, 0.15) is 0 Å². The van der Waals surface area contributed by atoms with Crippen LogP contribution in [0.15, 0.2) is 40.9 Å². The number of nitrogens with one attached hydrogen (secondary N) is 2. The summed E-state index contributed by atoms with van der Waals surface area (Å²) in [7, 11) is 0. The molecule has 0 radical (unpaired) electrons. The van der Waals surface area contributed by atoms with Crippen molar-refractivity contribution in [3.63, 3.8) is 0 Å². The van der Waals surface area contributed by atoms with Gasteiger partial charge in [-0.3, -0.25) is 4.79 Å². The van der Waals surface area contributed by atoms with Gasteiger partial charge in [0.05, 0.1) is 0 Å². The lowest BCUT2D eigenvalue weighted by Gasteiger charge is -2.00. The van der Waals surface area contributed by atoms with Crippen molar-refractivity contribution in [2.24, 2.45) is 0 Å². The molecule has 0 aliphatic heterocycles. The van der Waals surface area contributed by atoms with Crippen LogP contribution < -0.4 is 10.6 Å². The summed E-state index contributed by atoms with van der Waals surface area (Å²) in [6.45, 7) is 2.67. The Bertz CT molecular complexity index is 493. The number of para-hydroxylation sites is 1. The minimum atomic E-state index is -0.312. The fourth-order valence-electron chi connectivity index (χ4n) is 1.36. The molecule has 5 heteroatoms. The second-order valence-electron chi connectivity index (χ2n) is 3.43. The van der Waals surface area contributed by atoms with Gasteiger partial charge in [0.2, 0.25) is 5.76 Å². The Balaban J connectivity index is 2.04. The highest BCUT2D eigenvalue weighted by Gasteiger charge is 2.12. The van der Waals surface area contributed by atoms with Crippen LogP contribution in [0, 0.1) is 0 Å². The fraction of sp³-hybridized carbons (Fsp3) is 0.167. The smallest absolute Gasteiger partial charge is 0.294 e.